The average Bonchev–Trinajstić information content (AvgIpc) is 2.65. The highest BCUT2D eigenvalue weighted by Crippen LogP contribution is 2.29. The largest absolute Gasteiger partial charge is 0.325 e. The molecule has 0 aliphatic rings. The number of nitrogens with zero attached hydrogens (tertiary/aromatic N) is 2. The SMILES string of the molecule is CC(Cl)c1nc2cc(I)ccc2n1CC(C)(C)S(C)(=O)=O. The second kappa shape index (κ2) is 5.70. The van der Waals surface area contributed by atoms with Gasteiger partial charge in [-0.05, 0) is 61.6 Å². The van der Waals surface area contributed by atoms with E-state index in [-0.39, 0.29) is 5.38 Å². The molecule has 1 atom stereocenters. The number of hydrogen-bond donors (Lipinski definition) is 0. The summed E-state index contributed by atoms with van der Waals surface area (Å²) in [5, 5.41) is -0.287. The van der Waals surface area contributed by atoms with Crippen molar-refractivity contribution in [1.29, 1.82) is 0 Å². The molecule has 2 rings (SSSR count). The Labute approximate surface area is 143 Å². The lowest BCUT2D eigenvalue weighted by atomic mass is 10.2. The summed E-state index contributed by atoms with van der Waals surface area (Å²) in [5.41, 5.74) is 1.75. The first-order valence-corrected chi connectivity index (χ1v) is 9.93. The van der Waals surface area contributed by atoms with Gasteiger partial charge < -0.3 is 4.57 Å². The zero-order valence-electron chi connectivity index (χ0n) is 12.4. The van der Waals surface area contributed by atoms with Crippen LogP contribution in [0.15, 0.2) is 18.2 Å². The van der Waals surface area contributed by atoms with Crippen molar-refractivity contribution >= 4 is 55.1 Å². The summed E-state index contributed by atoms with van der Waals surface area (Å²) in [6.07, 6.45) is 1.26. The molecule has 0 saturated carbocycles. The van der Waals surface area contributed by atoms with Crippen LogP contribution >= 0.6 is 34.2 Å². The summed E-state index contributed by atoms with van der Waals surface area (Å²) in [6, 6.07) is 5.92. The van der Waals surface area contributed by atoms with Crippen LogP contribution in [-0.4, -0.2) is 29.0 Å². The fourth-order valence-corrected chi connectivity index (χ4v) is 3.09. The third-order valence-electron chi connectivity index (χ3n) is 3.64. The van der Waals surface area contributed by atoms with Crippen molar-refractivity contribution in [3.8, 4) is 0 Å². The van der Waals surface area contributed by atoms with E-state index >= 15 is 0 Å². The summed E-state index contributed by atoms with van der Waals surface area (Å²) in [7, 11) is -3.19. The third kappa shape index (κ3) is 3.37. The van der Waals surface area contributed by atoms with Crippen molar-refractivity contribution in [2.75, 3.05) is 6.26 Å². The van der Waals surface area contributed by atoms with Crippen LogP contribution < -0.4 is 0 Å². The first-order chi connectivity index (χ1) is 9.53. The molecule has 1 unspecified atom stereocenters. The minimum absolute atomic E-state index is 0.287. The highest BCUT2D eigenvalue weighted by Gasteiger charge is 2.32. The van der Waals surface area contributed by atoms with Gasteiger partial charge in [0.1, 0.15) is 5.82 Å². The maximum atomic E-state index is 12.0. The predicted molar refractivity (Wildman–Crippen MR) is 95.6 cm³/mol. The average molecular weight is 441 g/mol. The van der Waals surface area contributed by atoms with E-state index in [2.05, 4.69) is 27.6 Å². The normalized spacial score (nSPS) is 14.6. The lowest BCUT2D eigenvalue weighted by Crippen LogP contribution is -2.36. The number of halogens is 2. The predicted octanol–water partition coefficient (Wildman–Crippen LogP) is 3.76. The highest BCUT2D eigenvalue weighted by atomic mass is 127. The molecule has 4 nitrogen and oxygen atoms in total. The van der Waals surface area contributed by atoms with Crippen LogP contribution in [0.2, 0.25) is 0 Å². The van der Waals surface area contributed by atoms with Gasteiger partial charge in [-0.1, -0.05) is 0 Å². The molecular formula is C14H18ClIN2O2S. The maximum absolute atomic E-state index is 12.0. The van der Waals surface area contributed by atoms with E-state index in [1.165, 1.54) is 6.26 Å². The Morgan fingerprint density at radius 3 is 2.57 bits per heavy atom. The van der Waals surface area contributed by atoms with Gasteiger partial charge in [-0.2, -0.15) is 0 Å². The van der Waals surface area contributed by atoms with Crippen LogP contribution in [0.4, 0.5) is 0 Å². The summed E-state index contributed by atoms with van der Waals surface area (Å²) in [5.74, 6) is 0.699. The molecular weight excluding hydrogens is 423 g/mol. The molecule has 0 spiro atoms. The number of hydrogen-bond acceptors (Lipinski definition) is 3. The second-order valence-corrected chi connectivity index (χ2v) is 10.4. The van der Waals surface area contributed by atoms with Crippen LogP contribution in [0.5, 0.6) is 0 Å². The molecule has 2 aromatic rings. The van der Waals surface area contributed by atoms with Crippen molar-refractivity contribution in [3.63, 3.8) is 0 Å². The molecule has 0 N–H and O–H groups in total. The zero-order valence-corrected chi connectivity index (χ0v) is 16.1. The van der Waals surface area contributed by atoms with Crippen LogP contribution in [0, 0.1) is 3.57 Å². The first-order valence-electron chi connectivity index (χ1n) is 6.52. The van der Waals surface area contributed by atoms with Gasteiger partial charge in [-0.3, -0.25) is 0 Å². The monoisotopic (exact) mass is 440 g/mol. The number of fused-ring (bicyclic) bond motifs is 1. The van der Waals surface area contributed by atoms with E-state index in [1.807, 2.05) is 29.7 Å². The summed E-state index contributed by atoms with van der Waals surface area (Å²) in [6.45, 7) is 5.63. The Hall–Kier alpha value is -0.340. The van der Waals surface area contributed by atoms with Crippen molar-refractivity contribution in [2.45, 2.75) is 37.4 Å². The van der Waals surface area contributed by atoms with Crippen LogP contribution in [0.25, 0.3) is 11.0 Å². The molecule has 0 radical (unpaired) electrons. The Morgan fingerprint density at radius 2 is 2.05 bits per heavy atom. The van der Waals surface area contributed by atoms with Gasteiger partial charge in [-0.15, -0.1) is 11.6 Å². The van der Waals surface area contributed by atoms with Gasteiger partial charge in [-0.25, -0.2) is 13.4 Å². The highest BCUT2D eigenvalue weighted by molar-refractivity contribution is 14.1. The topological polar surface area (TPSA) is 52.0 Å². The Bertz CT molecular complexity index is 782. The Morgan fingerprint density at radius 1 is 1.43 bits per heavy atom. The summed E-state index contributed by atoms with van der Waals surface area (Å²) in [4.78, 5) is 4.57. The zero-order chi connectivity index (χ0) is 16.0. The van der Waals surface area contributed by atoms with Gasteiger partial charge in [0.15, 0.2) is 9.84 Å². The molecule has 0 fully saturated rings. The van der Waals surface area contributed by atoms with Gasteiger partial charge >= 0.3 is 0 Å². The van der Waals surface area contributed by atoms with Crippen molar-refractivity contribution in [3.05, 3.63) is 27.6 Å². The third-order valence-corrected chi connectivity index (χ3v) is 6.64. The molecule has 7 heteroatoms. The van der Waals surface area contributed by atoms with E-state index in [4.69, 9.17) is 11.6 Å². The lowest BCUT2D eigenvalue weighted by Gasteiger charge is -2.25. The smallest absolute Gasteiger partial charge is 0.154 e. The molecule has 0 bridgehead atoms. The summed E-state index contributed by atoms with van der Waals surface area (Å²) >= 11 is 8.46. The molecule has 116 valence electrons. The number of sulfone groups is 1. The number of benzene rings is 1. The van der Waals surface area contributed by atoms with E-state index in [0.29, 0.717) is 12.4 Å². The van der Waals surface area contributed by atoms with Crippen LogP contribution in [0.1, 0.15) is 32.0 Å². The molecule has 1 heterocycles. The number of imidazole rings is 1. The van der Waals surface area contributed by atoms with Crippen molar-refractivity contribution < 1.29 is 8.42 Å². The number of rotatable bonds is 4. The lowest BCUT2D eigenvalue weighted by molar-refractivity contribution is 0.499. The summed E-state index contributed by atoms with van der Waals surface area (Å²) < 4.78 is 26.1. The van der Waals surface area contributed by atoms with E-state index in [0.717, 1.165) is 14.6 Å². The van der Waals surface area contributed by atoms with Crippen LogP contribution in [0.3, 0.4) is 0 Å². The molecule has 1 aromatic heterocycles. The van der Waals surface area contributed by atoms with Crippen molar-refractivity contribution in [1.82, 2.24) is 9.55 Å². The molecule has 0 saturated heterocycles. The maximum Gasteiger partial charge on any atom is 0.154 e. The Balaban J connectivity index is 2.64. The number of aromatic nitrogens is 2. The van der Waals surface area contributed by atoms with Gasteiger partial charge in [0.05, 0.1) is 21.2 Å². The number of alkyl halides is 1. The minimum atomic E-state index is -3.19. The van der Waals surface area contributed by atoms with Gasteiger partial charge in [0.2, 0.25) is 0 Å². The fourth-order valence-electron chi connectivity index (χ4n) is 2.09. The molecule has 0 aliphatic heterocycles. The van der Waals surface area contributed by atoms with Gasteiger partial charge in [0, 0.05) is 16.4 Å². The molecule has 1 aromatic carbocycles. The molecule has 21 heavy (non-hydrogen) atoms. The van der Waals surface area contributed by atoms with Gasteiger partial charge in [0.25, 0.3) is 0 Å². The Kier molecular flexibility index (Phi) is 4.62. The second-order valence-electron chi connectivity index (χ2n) is 5.84. The fraction of sp³-hybridized carbons (Fsp3) is 0.500. The first kappa shape index (κ1) is 17.0. The van der Waals surface area contributed by atoms with Crippen LogP contribution in [-0.2, 0) is 16.4 Å². The quantitative estimate of drug-likeness (QED) is 0.537. The van der Waals surface area contributed by atoms with Crippen molar-refractivity contribution in [2.24, 2.45) is 0 Å². The van der Waals surface area contributed by atoms with E-state index < -0.39 is 14.6 Å². The minimum Gasteiger partial charge on any atom is -0.325 e. The molecule has 0 aliphatic carbocycles. The van der Waals surface area contributed by atoms with E-state index in [9.17, 15) is 8.42 Å². The van der Waals surface area contributed by atoms with E-state index in [1.54, 1.807) is 13.8 Å². The standard InChI is InChI=1S/C14H18ClIN2O2S/c1-9(15)13-17-11-7-10(16)5-6-12(11)18(13)8-14(2,3)21(4,19)20/h5-7,9H,8H2,1-4H3. The molecule has 0 amide bonds.